The van der Waals surface area contributed by atoms with Crippen LogP contribution in [0.25, 0.3) is 0 Å². The van der Waals surface area contributed by atoms with E-state index < -0.39 is 0 Å². The molecule has 0 spiro atoms. The fourth-order valence-electron chi connectivity index (χ4n) is 1.96. The average Bonchev–Trinajstić information content (AvgIpc) is 2.70. The number of nitrogens with zero attached hydrogens (tertiary/aromatic N) is 1. The molecular weight excluding hydrogens is 185 g/mol. The van der Waals surface area contributed by atoms with E-state index in [1.54, 1.807) is 0 Å². The molecule has 0 radical (unpaired) electrons. The second kappa shape index (κ2) is 4.27. The van der Waals surface area contributed by atoms with Crippen molar-refractivity contribution in [1.29, 1.82) is 0 Å². The first-order chi connectivity index (χ1) is 7.18. The van der Waals surface area contributed by atoms with Gasteiger partial charge in [0.15, 0.2) is 0 Å². The zero-order valence-electron chi connectivity index (χ0n) is 9.79. The van der Waals surface area contributed by atoms with Crippen LogP contribution in [0.2, 0.25) is 6.32 Å². The molecule has 0 aliphatic carbocycles. The quantitative estimate of drug-likeness (QED) is 0.685. The van der Waals surface area contributed by atoms with Crippen LogP contribution in [0.5, 0.6) is 0 Å². The van der Waals surface area contributed by atoms with Crippen LogP contribution < -0.4 is 4.97 Å². The molecular formula is C12H18BNO. The van der Waals surface area contributed by atoms with Gasteiger partial charge in [-0.3, -0.25) is 4.84 Å². The fraction of sp³-hybridized carbons (Fsp3) is 0.500. The summed E-state index contributed by atoms with van der Waals surface area (Å²) in [5, 5.41) is 0. The van der Waals surface area contributed by atoms with E-state index in [0.29, 0.717) is 5.92 Å². The summed E-state index contributed by atoms with van der Waals surface area (Å²) < 4.78 is 0. The van der Waals surface area contributed by atoms with Gasteiger partial charge in [-0.1, -0.05) is 26.0 Å². The van der Waals surface area contributed by atoms with Crippen LogP contribution in [-0.4, -0.2) is 14.0 Å². The SMILES string of the molecule is Cc1cc(C(C)C)ccc1N1BCCO1. The Labute approximate surface area is 92.5 Å². The van der Waals surface area contributed by atoms with Gasteiger partial charge in [-0.2, -0.15) is 0 Å². The van der Waals surface area contributed by atoms with Gasteiger partial charge in [-0.05, 0) is 36.4 Å². The van der Waals surface area contributed by atoms with Gasteiger partial charge in [0.1, 0.15) is 0 Å². The van der Waals surface area contributed by atoms with Crippen molar-refractivity contribution in [3.05, 3.63) is 29.3 Å². The zero-order valence-corrected chi connectivity index (χ0v) is 9.79. The van der Waals surface area contributed by atoms with E-state index in [0.717, 1.165) is 20.3 Å². The zero-order chi connectivity index (χ0) is 10.8. The highest BCUT2D eigenvalue weighted by Gasteiger charge is 2.17. The van der Waals surface area contributed by atoms with E-state index in [2.05, 4.69) is 39.0 Å². The van der Waals surface area contributed by atoms with Crippen molar-refractivity contribution in [3.8, 4) is 0 Å². The van der Waals surface area contributed by atoms with Crippen molar-refractivity contribution >= 4 is 13.1 Å². The Kier molecular flexibility index (Phi) is 3.01. The highest BCUT2D eigenvalue weighted by atomic mass is 16.7. The minimum Gasteiger partial charge on any atom is -0.305 e. The lowest BCUT2D eigenvalue weighted by Crippen LogP contribution is -2.20. The molecule has 3 heteroatoms. The van der Waals surface area contributed by atoms with E-state index in [9.17, 15) is 0 Å². The second-order valence-corrected chi connectivity index (χ2v) is 4.49. The summed E-state index contributed by atoms with van der Waals surface area (Å²) in [4.78, 5) is 7.57. The van der Waals surface area contributed by atoms with Gasteiger partial charge in [0.2, 0.25) is 0 Å². The number of anilines is 1. The minimum atomic E-state index is 0.595. The first-order valence-electron chi connectivity index (χ1n) is 5.69. The summed E-state index contributed by atoms with van der Waals surface area (Å²) in [5.74, 6) is 0.595. The lowest BCUT2D eigenvalue weighted by molar-refractivity contribution is 0.185. The molecule has 0 atom stereocenters. The van der Waals surface area contributed by atoms with Gasteiger partial charge in [-0.25, -0.2) is 0 Å². The molecule has 1 aliphatic rings. The Hall–Kier alpha value is -0.955. The van der Waals surface area contributed by atoms with Crippen molar-refractivity contribution in [3.63, 3.8) is 0 Å². The van der Waals surface area contributed by atoms with Gasteiger partial charge in [-0.15, -0.1) is 0 Å². The number of rotatable bonds is 2. The first-order valence-corrected chi connectivity index (χ1v) is 5.69. The maximum absolute atomic E-state index is 5.55. The molecule has 0 bridgehead atoms. The van der Waals surface area contributed by atoms with Gasteiger partial charge in [0.05, 0.1) is 12.3 Å². The molecule has 1 aromatic carbocycles. The highest BCUT2D eigenvalue weighted by molar-refractivity contribution is 6.41. The van der Waals surface area contributed by atoms with E-state index in [-0.39, 0.29) is 0 Å². The molecule has 1 fully saturated rings. The molecule has 1 aromatic rings. The Bertz CT molecular complexity index is 345. The third-order valence-electron chi connectivity index (χ3n) is 2.91. The van der Waals surface area contributed by atoms with Crippen LogP contribution in [0.4, 0.5) is 5.69 Å². The number of hydrogen-bond donors (Lipinski definition) is 0. The van der Waals surface area contributed by atoms with Crippen LogP contribution in [0, 0.1) is 6.92 Å². The molecule has 80 valence electrons. The Morgan fingerprint density at radius 2 is 2.20 bits per heavy atom. The lowest BCUT2D eigenvalue weighted by atomic mass is 9.89. The molecule has 0 N–H and O–H groups in total. The van der Waals surface area contributed by atoms with Crippen molar-refractivity contribution < 1.29 is 4.84 Å². The van der Waals surface area contributed by atoms with Gasteiger partial charge in [0, 0.05) is 0 Å². The van der Waals surface area contributed by atoms with Crippen molar-refractivity contribution in [2.75, 3.05) is 11.6 Å². The molecule has 0 aromatic heterocycles. The summed E-state index contributed by atoms with van der Waals surface area (Å²) in [6, 6.07) is 6.65. The standard InChI is InChI=1S/C12H18BNO/c1-9(2)11-4-5-12(10(3)8-11)14-13-6-7-15-14/h4-5,8-9,13H,6-7H2,1-3H3. The van der Waals surface area contributed by atoms with Crippen LogP contribution in [-0.2, 0) is 4.84 Å². The summed E-state index contributed by atoms with van der Waals surface area (Å²) in [7, 11) is 1.02. The number of aryl methyl sites for hydroxylation is 1. The molecule has 1 saturated heterocycles. The molecule has 15 heavy (non-hydrogen) atoms. The van der Waals surface area contributed by atoms with Crippen molar-refractivity contribution in [1.82, 2.24) is 0 Å². The van der Waals surface area contributed by atoms with E-state index >= 15 is 0 Å². The third-order valence-corrected chi connectivity index (χ3v) is 2.91. The topological polar surface area (TPSA) is 12.5 Å². The summed E-state index contributed by atoms with van der Waals surface area (Å²) in [5.41, 5.74) is 3.93. The molecule has 0 saturated carbocycles. The lowest BCUT2D eigenvalue weighted by Gasteiger charge is -2.20. The first kappa shape index (κ1) is 10.6. The predicted octanol–water partition coefficient (Wildman–Crippen LogP) is 2.64. The van der Waals surface area contributed by atoms with E-state index in [1.165, 1.54) is 16.8 Å². The van der Waals surface area contributed by atoms with Crippen LogP contribution in [0.15, 0.2) is 18.2 Å². The van der Waals surface area contributed by atoms with Crippen molar-refractivity contribution in [2.45, 2.75) is 33.0 Å². The molecule has 0 amide bonds. The number of benzene rings is 1. The summed E-state index contributed by atoms with van der Waals surface area (Å²) in [6.45, 7) is 7.45. The Morgan fingerprint density at radius 1 is 1.40 bits per heavy atom. The smallest absolute Gasteiger partial charge is 0.275 e. The number of hydrogen-bond acceptors (Lipinski definition) is 2. The molecule has 2 nitrogen and oxygen atoms in total. The maximum atomic E-state index is 5.55. The van der Waals surface area contributed by atoms with E-state index in [4.69, 9.17) is 4.84 Å². The van der Waals surface area contributed by atoms with Crippen LogP contribution >= 0.6 is 0 Å². The molecule has 1 aliphatic heterocycles. The Balaban J connectivity index is 2.25. The third kappa shape index (κ3) is 2.18. The highest BCUT2D eigenvalue weighted by Crippen LogP contribution is 2.26. The predicted molar refractivity (Wildman–Crippen MR) is 65.7 cm³/mol. The monoisotopic (exact) mass is 203 g/mol. The normalized spacial score (nSPS) is 15.9. The molecule has 2 rings (SSSR count). The summed E-state index contributed by atoms with van der Waals surface area (Å²) >= 11 is 0. The molecule has 1 heterocycles. The summed E-state index contributed by atoms with van der Waals surface area (Å²) in [6.07, 6.45) is 1.13. The van der Waals surface area contributed by atoms with Gasteiger partial charge in [0.25, 0.3) is 7.41 Å². The van der Waals surface area contributed by atoms with E-state index in [1.807, 2.05) is 4.97 Å². The van der Waals surface area contributed by atoms with Gasteiger partial charge >= 0.3 is 0 Å². The van der Waals surface area contributed by atoms with Gasteiger partial charge < -0.3 is 4.97 Å². The maximum Gasteiger partial charge on any atom is 0.275 e. The minimum absolute atomic E-state index is 0.595. The largest absolute Gasteiger partial charge is 0.305 e. The van der Waals surface area contributed by atoms with Crippen LogP contribution in [0.3, 0.4) is 0 Å². The van der Waals surface area contributed by atoms with Crippen molar-refractivity contribution in [2.24, 2.45) is 0 Å². The van der Waals surface area contributed by atoms with Crippen LogP contribution in [0.1, 0.15) is 30.9 Å². The fourth-order valence-corrected chi connectivity index (χ4v) is 1.96. The Morgan fingerprint density at radius 3 is 2.73 bits per heavy atom. The average molecular weight is 203 g/mol. The second-order valence-electron chi connectivity index (χ2n) is 4.49. The molecule has 0 unspecified atom stereocenters.